The Hall–Kier alpha value is -2.46. The van der Waals surface area contributed by atoms with Gasteiger partial charge in [0.1, 0.15) is 5.82 Å². The van der Waals surface area contributed by atoms with Crippen LogP contribution in [0.5, 0.6) is 0 Å². The van der Waals surface area contributed by atoms with Crippen molar-refractivity contribution in [1.82, 2.24) is 9.97 Å². The zero-order valence-corrected chi connectivity index (χ0v) is 11.0. The lowest BCUT2D eigenvalue weighted by atomic mass is 10.1. The van der Waals surface area contributed by atoms with Gasteiger partial charge in [0.25, 0.3) is 0 Å². The van der Waals surface area contributed by atoms with Gasteiger partial charge in [-0.3, -0.25) is 4.98 Å². The first-order valence-electron chi connectivity index (χ1n) is 6.52. The maximum Gasteiger partial charge on any atom is 0.130 e. The van der Waals surface area contributed by atoms with Crippen LogP contribution in [0.15, 0.2) is 55.0 Å². The second kappa shape index (κ2) is 5.67. The third-order valence-electron chi connectivity index (χ3n) is 3.14. The number of rotatable bonds is 4. The molecule has 0 unspecified atom stereocenters. The molecule has 0 spiro atoms. The van der Waals surface area contributed by atoms with Gasteiger partial charge in [0.2, 0.25) is 0 Å². The Morgan fingerprint density at radius 3 is 2.75 bits per heavy atom. The Bertz CT molecular complexity index is 710. The van der Waals surface area contributed by atoms with Crippen LogP contribution in [-0.4, -0.2) is 21.7 Å². The van der Waals surface area contributed by atoms with Gasteiger partial charge in [-0.15, -0.1) is 0 Å². The van der Waals surface area contributed by atoms with E-state index in [9.17, 15) is 0 Å². The van der Waals surface area contributed by atoms with Gasteiger partial charge in [-0.2, -0.15) is 0 Å². The molecule has 3 rings (SSSR count). The molecule has 4 heteroatoms. The van der Waals surface area contributed by atoms with Gasteiger partial charge < -0.3 is 10.4 Å². The van der Waals surface area contributed by atoms with E-state index in [2.05, 4.69) is 21.4 Å². The minimum absolute atomic E-state index is 0.146. The number of fused-ring (bicyclic) bond motifs is 1. The normalized spacial score (nSPS) is 10.7. The van der Waals surface area contributed by atoms with Gasteiger partial charge in [0.05, 0.1) is 0 Å². The molecule has 0 saturated carbocycles. The molecule has 0 bridgehead atoms. The molecule has 0 amide bonds. The number of aliphatic hydroxyl groups is 1. The largest absolute Gasteiger partial charge is 0.396 e. The number of anilines is 2. The van der Waals surface area contributed by atoms with Crippen LogP contribution in [0.25, 0.3) is 10.8 Å². The summed E-state index contributed by atoms with van der Waals surface area (Å²) in [6.45, 7) is 0.146. The second-order valence-electron chi connectivity index (χ2n) is 4.59. The highest BCUT2D eigenvalue weighted by molar-refractivity contribution is 5.85. The molecule has 2 aromatic heterocycles. The molecule has 2 heterocycles. The molecule has 20 heavy (non-hydrogen) atoms. The highest BCUT2D eigenvalue weighted by Crippen LogP contribution is 2.20. The molecule has 0 radical (unpaired) electrons. The molecule has 0 saturated heterocycles. The van der Waals surface area contributed by atoms with Gasteiger partial charge in [-0.25, -0.2) is 4.98 Å². The van der Waals surface area contributed by atoms with Crippen LogP contribution < -0.4 is 5.32 Å². The minimum Gasteiger partial charge on any atom is -0.396 e. The number of aromatic nitrogens is 2. The van der Waals surface area contributed by atoms with E-state index >= 15 is 0 Å². The average Bonchev–Trinajstić information content (AvgIpc) is 2.49. The number of hydrogen-bond donors (Lipinski definition) is 2. The van der Waals surface area contributed by atoms with Crippen molar-refractivity contribution >= 4 is 22.3 Å². The number of aliphatic hydroxyl groups excluding tert-OH is 1. The van der Waals surface area contributed by atoms with Crippen LogP contribution in [0.2, 0.25) is 0 Å². The molecule has 100 valence electrons. The van der Waals surface area contributed by atoms with Gasteiger partial charge >= 0.3 is 0 Å². The average molecular weight is 265 g/mol. The highest BCUT2D eigenvalue weighted by Gasteiger charge is 1.99. The first-order valence-corrected chi connectivity index (χ1v) is 6.52. The maximum atomic E-state index is 8.88. The topological polar surface area (TPSA) is 58.0 Å². The Kier molecular flexibility index (Phi) is 3.56. The second-order valence-corrected chi connectivity index (χ2v) is 4.59. The van der Waals surface area contributed by atoms with E-state index in [0.29, 0.717) is 6.42 Å². The summed E-state index contributed by atoms with van der Waals surface area (Å²) >= 11 is 0. The number of hydrogen-bond acceptors (Lipinski definition) is 4. The lowest BCUT2D eigenvalue weighted by molar-refractivity contribution is 0.299. The summed E-state index contributed by atoms with van der Waals surface area (Å²) in [7, 11) is 0. The summed E-state index contributed by atoms with van der Waals surface area (Å²) in [4.78, 5) is 8.44. The number of nitrogens with one attached hydrogen (secondary N) is 1. The first-order chi connectivity index (χ1) is 9.85. The van der Waals surface area contributed by atoms with Crippen LogP contribution in [0.1, 0.15) is 5.56 Å². The summed E-state index contributed by atoms with van der Waals surface area (Å²) in [5.74, 6) is 0.792. The molecule has 1 aromatic carbocycles. The molecule has 2 N–H and O–H groups in total. The fraction of sp³-hybridized carbons (Fsp3) is 0.125. The molecule has 3 aromatic rings. The Morgan fingerprint density at radius 2 is 1.95 bits per heavy atom. The lowest BCUT2D eigenvalue weighted by Crippen LogP contribution is -1.96. The summed E-state index contributed by atoms with van der Waals surface area (Å²) in [5.41, 5.74) is 2.02. The van der Waals surface area contributed by atoms with E-state index in [0.717, 1.165) is 27.8 Å². The predicted molar refractivity (Wildman–Crippen MR) is 80.1 cm³/mol. The van der Waals surface area contributed by atoms with Crippen LogP contribution in [0.4, 0.5) is 11.5 Å². The summed E-state index contributed by atoms with van der Waals surface area (Å²) in [6, 6.07) is 12.0. The fourth-order valence-corrected chi connectivity index (χ4v) is 2.08. The zero-order chi connectivity index (χ0) is 13.8. The van der Waals surface area contributed by atoms with Crippen molar-refractivity contribution in [1.29, 1.82) is 0 Å². The molecule has 0 aliphatic carbocycles. The van der Waals surface area contributed by atoms with Crippen LogP contribution in [0.3, 0.4) is 0 Å². The molecule has 0 fully saturated rings. The number of nitrogens with zero attached hydrogens (tertiary/aromatic N) is 2. The molecular formula is C16H15N3O. The van der Waals surface area contributed by atoms with Crippen LogP contribution >= 0.6 is 0 Å². The molecule has 0 aliphatic rings. The standard InChI is InChI=1S/C16H15N3O/c20-8-6-12-1-4-16(18-10-12)19-15-3-2-14-11-17-7-5-13(14)9-15/h1-5,7,9-11,20H,6,8H2,(H,18,19). The summed E-state index contributed by atoms with van der Waals surface area (Å²) in [6.07, 6.45) is 6.05. The quantitative estimate of drug-likeness (QED) is 0.761. The van der Waals surface area contributed by atoms with E-state index in [1.807, 2.05) is 36.5 Å². The van der Waals surface area contributed by atoms with Crippen molar-refractivity contribution in [3.05, 3.63) is 60.6 Å². The Balaban J connectivity index is 1.81. The third kappa shape index (κ3) is 2.75. The third-order valence-corrected chi connectivity index (χ3v) is 3.14. The van der Waals surface area contributed by atoms with E-state index in [4.69, 9.17) is 5.11 Å². The molecule has 0 atom stereocenters. The SMILES string of the molecule is OCCc1ccc(Nc2ccc3cnccc3c2)nc1. The minimum atomic E-state index is 0.146. The van der Waals surface area contributed by atoms with Gasteiger partial charge in [0, 0.05) is 36.3 Å². The van der Waals surface area contributed by atoms with Gasteiger partial charge in [0.15, 0.2) is 0 Å². The predicted octanol–water partition coefficient (Wildman–Crippen LogP) is 2.91. The van der Waals surface area contributed by atoms with Crippen molar-refractivity contribution in [3.63, 3.8) is 0 Å². The lowest BCUT2D eigenvalue weighted by Gasteiger charge is -2.07. The van der Waals surface area contributed by atoms with E-state index in [1.165, 1.54) is 0 Å². The van der Waals surface area contributed by atoms with Crippen molar-refractivity contribution in [3.8, 4) is 0 Å². The zero-order valence-electron chi connectivity index (χ0n) is 11.0. The Labute approximate surface area is 117 Å². The van der Waals surface area contributed by atoms with Crippen LogP contribution in [0, 0.1) is 0 Å². The van der Waals surface area contributed by atoms with E-state index in [1.54, 1.807) is 12.4 Å². The first kappa shape index (κ1) is 12.6. The maximum absolute atomic E-state index is 8.88. The van der Waals surface area contributed by atoms with Gasteiger partial charge in [-0.05, 0) is 41.6 Å². The van der Waals surface area contributed by atoms with Crippen molar-refractivity contribution < 1.29 is 5.11 Å². The monoisotopic (exact) mass is 265 g/mol. The number of benzene rings is 1. The van der Waals surface area contributed by atoms with Crippen molar-refractivity contribution in [2.75, 3.05) is 11.9 Å². The van der Waals surface area contributed by atoms with Gasteiger partial charge in [-0.1, -0.05) is 12.1 Å². The van der Waals surface area contributed by atoms with E-state index in [-0.39, 0.29) is 6.61 Å². The van der Waals surface area contributed by atoms with Crippen LogP contribution in [-0.2, 0) is 6.42 Å². The smallest absolute Gasteiger partial charge is 0.130 e. The highest BCUT2D eigenvalue weighted by atomic mass is 16.2. The fourth-order valence-electron chi connectivity index (χ4n) is 2.08. The molecule has 0 aliphatic heterocycles. The van der Waals surface area contributed by atoms with Crippen molar-refractivity contribution in [2.45, 2.75) is 6.42 Å². The van der Waals surface area contributed by atoms with Crippen molar-refractivity contribution in [2.24, 2.45) is 0 Å². The number of pyridine rings is 2. The molecular weight excluding hydrogens is 250 g/mol. The van der Waals surface area contributed by atoms with E-state index < -0.39 is 0 Å². The summed E-state index contributed by atoms with van der Waals surface area (Å²) in [5, 5.41) is 14.4. The molecule has 4 nitrogen and oxygen atoms in total. The Morgan fingerprint density at radius 1 is 1.00 bits per heavy atom. The summed E-state index contributed by atoms with van der Waals surface area (Å²) < 4.78 is 0.